The van der Waals surface area contributed by atoms with Crippen LogP contribution in [0.2, 0.25) is 0 Å². The summed E-state index contributed by atoms with van der Waals surface area (Å²) >= 11 is -2.29. The first-order valence-corrected chi connectivity index (χ1v) is 21.3. The molecule has 2 aromatic rings. The fraction of sp³-hybridized carbons (Fsp3) is 0.625. The molecule has 0 saturated carbocycles. The minimum absolute atomic E-state index is 0.403. The molecule has 0 aliphatic carbocycles. The fourth-order valence-corrected chi connectivity index (χ4v) is 12.0. The van der Waals surface area contributed by atoms with Crippen LogP contribution in [0.1, 0.15) is 0 Å². The topological polar surface area (TPSA) is 111 Å². The van der Waals surface area contributed by atoms with Crippen LogP contribution in [0.4, 0.5) is 0 Å². The van der Waals surface area contributed by atoms with E-state index >= 15 is 0 Å². The first kappa shape index (κ1) is 36.1. The van der Waals surface area contributed by atoms with Gasteiger partial charge in [0.2, 0.25) is 0 Å². The Hall–Kier alpha value is -1.74. The van der Waals surface area contributed by atoms with E-state index in [-0.39, 0.29) is 0 Å². The first-order valence-electron chi connectivity index (χ1n) is 15.8. The van der Waals surface area contributed by atoms with E-state index in [0.29, 0.717) is 132 Å². The number of ether oxygens (including phenoxy) is 12. The zero-order chi connectivity index (χ0) is 31.0. The van der Waals surface area contributed by atoms with E-state index in [1.807, 2.05) is 36.4 Å². The second-order valence-electron chi connectivity index (χ2n) is 9.94. The van der Waals surface area contributed by atoms with Gasteiger partial charge >= 0.3 is 279 Å². The van der Waals surface area contributed by atoms with Gasteiger partial charge in [-0.3, -0.25) is 0 Å². The molecular formula is C32H46HgO12. The van der Waals surface area contributed by atoms with Crippen molar-refractivity contribution in [2.75, 3.05) is 132 Å². The number of rotatable bonds is 2. The van der Waals surface area contributed by atoms with Gasteiger partial charge in [-0.1, -0.05) is 0 Å². The summed E-state index contributed by atoms with van der Waals surface area (Å²) in [7, 11) is 0. The first-order chi connectivity index (χ1) is 22.4. The minimum atomic E-state index is -2.29. The van der Waals surface area contributed by atoms with Crippen LogP contribution in [0.5, 0.6) is 23.0 Å². The van der Waals surface area contributed by atoms with E-state index in [1.165, 1.54) is 0 Å². The van der Waals surface area contributed by atoms with Gasteiger partial charge in [-0.2, -0.15) is 0 Å². The molecule has 0 radical (unpaired) electrons. The van der Waals surface area contributed by atoms with Gasteiger partial charge in [-0.25, -0.2) is 0 Å². The predicted molar refractivity (Wildman–Crippen MR) is 161 cm³/mol. The van der Waals surface area contributed by atoms with Crippen molar-refractivity contribution in [3.05, 3.63) is 36.4 Å². The standard InChI is InChI=1S/2C16H23O6.Hg/c2*1-2-15-14-16(3-1)22-13-11-20-9-7-18-5-4-17-6-8-19-10-12-21-15;/h2*1-3H,4-13H2;. The van der Waals surface area contributed by atoms with Gasteiger partial charge in [0.25, 0.3) is 0 Å². The van der Waals surface area contributed by atoms with Gasteiger partial charge in [0.15, 0.2) is 0 Å². The molecule has 4 rings (SSSR count). The van der Waals surface area contributed by atoms with Crippen LogP contribution in [0.15, 0.2) is 36.4 Å². The number of benzene rings is 2. The van der Waals surface area contributed by atoms with Crippen molar-refractivity contribution >= 4 is 6.14 Å². The normalized spacial score (nSPS) is 19.9. The Morgan fingerprint density at radius 2 is 0.489 bits per heavy atom. The number of hydrogen-bond acceptors (Lipinski definition) is 12. The number of fused-ring (bicyclic) bond motifs is 4. The van der Waals surface area contributed by atoms with Crippen molar-refractivity contribution in [2.45, 2.75) is 0 Å². The Balaban J connectivity index is 1.52. The van der Waals surface area contributed by atoms with Crippen molar-refractivity contribution < 1.29 is 81.4 Å². The van der Waals surface area contributed by atoms with Crippen molar-refractivity contribution in [1.82, 2.24) is 0 Å². The SMILES string of the molecule is c1cc2[c]([Hg][c]3c4cccc3OCCOCCOCCOCCOCCO4)c(c1)OCCOCCOCCOCCOCCO2. The van der Waals surface area contributed by atoms with E-state index < -0.39 is 24.6 Å². The van der Waals surface area contributed by atoms with Crippen LogP contribution >= 0.6 is 0 Å². The molecule has 0 N–H and O–H groups in total. The van der Waals surface area contributed by atoms with Gasteiger partial charge in [0.05, 0.1) is 0 Å². The summed E-state index contributed by atoms with van der Waals surface area (Å²) in [6.45, 7) is 9.43. The molecular weight excluding hydrogens is 777 g/mol. The maximum atomic E-state index is 6.29. The van der Waals surface area contributed by atoms with E-state index in [1.54, 1.807) is 0 Å². The Labute approximate surface area is 278 Å². The second kappa shape index (κ2) is 23.6. The molecule has 12 nitrogen and oxygen atoms in total. The third-order valence-corrected chi connectivity index (χ3v) is 14.9. The molecule has 2 aliphatic heterocycles. The summed E-state index contributed by atoms with van der Waals surface area (Å²) in [4.78, 5) is 0. The zero-order valence-electron chi connectivity index (χ0n) is 26.2. The van der Waals surface area contributed by atoms with Gasteiger partial charge in [-0.15, -0.1) is 0 Å². The Bertz CT molecular complexity index is 905. The molecule has 0 aromatic heterocycles. The van der Waals surface area contributed by atoms with Crippen molar-refractivity contribution in [1.29, 1.82) is 0 Å². The van der Waals surface area contributed by atoms with E-state index in [2.05, 4.69) is 0 Å². The van der Waals surface area contributed by atoms with E-state index in [0.717, 1.165) is 29.1 Å². The Morgan fingerprint density at radius 1 is 0.289 bits per heavy atom. The molecule has 0 saturated heterocycles. The van der Waals surface area contributed by atoms with Crippen LogP contribution in [-0.2, 0) is 62.5 Å². The third kappa shape index (κ3) is 14.7. The molecule has 4 bridgehead atoms. The zero-order valence-corrected chi connectivity index (χ0v) is 31.7. The number of hydrogen-bond donors (Lipinski definition) is 0. The Morgan fingerprint density at radius 3 is 0.711 bits per heavy atom. The van der Waals surface area contributed by atoms with Crippen molar-refractivity contribution in [3.63, 3.8) is 0 Å². The molecule has 13 heteroatoms. The molecule has 0 fully saturated rings. The maximum absolute atomic E-state index is 6.29. The van der Waals surface area contributed by atoms with Crippen LogP contribution < -0.4 is 25.1 Å². The predicted octanol–water partition coefficient (Wildman–Crippen LogP) is 1.40. The molecule has 2 heterocycles. The fourth-order valence-electron chi connectivity index (χ4n) is 4.52. The molecule has 248 valence electrons. The average molecular weight is 823 g/mol. The van der Waals surface area contributed by atoms with Crippen LogP contribution in [0.3, 0.4) is 0 Å². The van der Waals surface area contributed by atoms with Crippen LogP contribution in [-0.4, -0.2) is 132 Å². The molecule has 0 unspecified atom stereocenters. The summed E-state index contributed by atoms with van der Waals surface area (Å²) in [5.74, 6) is 3.16. The molecule has 0 atom stereocenters. The van der Waals surface area contributed by atoms with Gasteiger partial charge in [0, 0.05) is 0 Å². The summed E-state index contributed by atoms with van der Waals surface area (Å²) in [5.41, 5.74) is 0. The molecule has 0 amide bonds. The van der Waals surface area contributed by atoms with Gasteiger partial charge < -0.3 is 0 Å². The monoisotopic (exact) mass is 824 g/mol. The molecule has 2 aliphatic rings. The molecule has 45 heavy (non-hydrogen) atoms. The van der Waals surface area contributed by atoms with Crippen molar-refractivity contribution in [2.24, 2.45) is 0 Å². The van der Waals surface area contributed by atoms with Crippen LogP contribution in [0.25, 0.3) is 0 Å². The molecule has 0 spiro atoms. The van der Waals surface area contributed by atoms with Crippen LogP contribution in [0, 0.1) is 0 Å². The third-order valence-electron chi connectivity index (χ3n) is 6.71. The molecule has 2 aromatic carbocycles. The van der Waals surface area contributed by atoms with E-state index in [4.69, 9.17) is 56.8 Å². The Kier molecular flexibility index (Phi) is 18.9. The van der Waals surface area contributed by atoms with Crippen molar-refractivity contribution in [3.8, 4) is 23.0 Å². The average Bonchev–Trinajstić information content (AvgIpc) is 3.05. The van der Waals surface area contributed by atoms with Gasteiger partial charge in [-0.05, 0) is 0 Å². The summed E-state index contributed by atoms with van der Waals surface area (Å²) < 4.78 is 72.4. The summed E-state index contributed by atoms with van der Waals surface area (Å²) in [6.07, 6.45) is 0. The summed E-state index contributed by atoms with van der Waals surface area (Å²) in [6, 6.07) is 11.9. The summed E-state index contributed by atoms with van der Waals surface area (Å²) in [5, 5.41) is 0. The van der Waals surface area contributed by atoms with Gasteiger partial charge in [0.1, 0.15) is 0 Å². The quantitative estimate of drug-likeness (QED) is 0.409. The second-order valence-corrected chi connectivity index (χ2v) is 16.8. The van der Waals surface area contributed by atoms with E-state index in [9.17, 15) is 0 Å².